The molecule has 1 rings (SSSR count). The average Bonchev–Trinajstić information content (AvgIpc) is 2.28. The molecule has 17 heavy (non-hydrogen) atoms. The predicted octanol–water partition coefficient (Wildman–Crippen LogP) is 2.40. The third kappa shape index (κ3) is 6.23. The standard InChI is InChI=1S/C11H15F3N2O/c12-11(13,14)4-1-5-17-8-10-3-2-9(6-15)7-16-10/h2-3,7H,1,4-6,8,15H2. The minimum absolute atomic E-state index is 0.0234. The number of aromatic nitrogens is 1. The van der Waals surface area contributed by atoms with Crippen molar-refractivity contribution in [2.24, 2.45) is 5.73 Å². The van der Waals surface area contributed by atoms with Crippen molar-refractivity contribution >= 4 is 0 Å². The molecule has 0 aromatic carbocycles. The highest BCUT2D eigenvalue weighted by Crippen LogP contribution is 2.21. The Hall–Kier alpha value is -1.14. The van der Waals surface area contributed by atoms with Crippen molar-refractivity contribution in [1.29, 1.82) is 0 Å². The summed E-state index contributed by atoms with van der Waals surface area (Å²) in [5.41, 5.74) is 7.00. The number of halogens is 3. The molecule has 0 radical (unpaired) electrons. The Kier molecular flexibility index (Phi) is 5.37. The maximum Gasteiger partial charge on any atom is 0.389 e. The highest BCUT2D eigenvalue weighted by molar-refractivity contribution is 5.13. The van der Waals surface area contributed by atoms with E-state index in [0.717, 1.165) is 5.56 Å². The maximum atomic E-state index is 11.8. The largest absolute Gasteiger partial charge is 0.389 e. The third-order valence-corrected chi connectivity index (χ3v) is 2.12. The predicted molar refractivity (Wildman–Crippen MR) is 57.1 cm³/mol. The molecular weight excluding hydrogens is 233 g/mol. The van der Waals surface area contributed by atoms with Gasteiger partial charge in [0.2, 0.25) is 0 Å². The third-order valence-electron chi connectivity index (χ3n) is 2.12. The van der Waals surface area contributed by atoms with Gasteiger partial charge in [0, 0.05) is 25.8 Å². The Morgan fingerprint density at radius 2 is 2.06 bits per heavy atom. The van der Waals surface area contributed by atoms with Crippen LogP contribution in [0.5, 0.6) is 0 Å². The summed E-state index contributed by atoms with van der Waals surface area (Å²) in [6.07, 6.45) is -3.31. The summed E-state index contributed by atoms with van der Waals surface area (Å²) >= 11 is 0. The normalized spacial score (nSPS) is 11.8. The first-order valence-electron chi connectivity index (χ1n) is 5.29. The molecule has 0 aliphatic carbocycles. The fourth-order valence-corrected chi connectivity index (χ4v) is 1.21. The van der Waals surface area contributed by atoms with Crippen molar-refractivity contribution in [1.82, 2.24) is 4.98 Å². The Morgan fingerprint density at radius 3 is 2.59 bits per heavy atom. The highest BCUT2D eigenvalue weighted by atomic mass is 19.4. The molecule has 0 aliphatic heterocycles. The Bertz CT molecular complexity index is 324. The molecule has 0 atom stereocenters. The lowest BCUT2D eigenvalue weighted by molar-refractivity contribution is -0.138. The smallest absolute Gasteiger partial charge is 0.375 e. The van der Waals surface area contributed by atoms with E-state index in [1.165, 1.54) is 0 Å². The maximum absolute atomic E-state index is 11.8. The van der Waals surface area contributed by atoms with Crippen LogP contribution in [-0.2, 0) is 17.9 Å². The van der Waals surface area contributed by atoms with Crippen LogP contribution in [0.4, 0.5) is 13.2 Å². The number of pyridine rings is 1. The second kappa shape index (κ2) is 6.56. The molecule has 1 heterocycles. The quantitative estimate of drug-likeness (QED) is 0.786. The molecular formula is C11H15F3N2O. The molecule has 0 spiro atoms. The van der Waals surface area contributed by atoms with E-state index in [-0.39, 0.29) is 19.6 Å². The van der Waals surface area contributed by atoms with Gasteiger partial charge >= 0.3 is 6.18 Å². The molecule has 0 unspecified atom stereocenters. The van der Waals surface area contributed by atoms with Crippen LogP contribution in [0.3, 0.4) is 0 Å². The number of ether oxygens (including phenoxy) is 1. The Morgan fingerprint density at radius 1 is 1.29 bits per heavy atom. The molecule has 1 aromatic rings. The Labute approximate surface area is 97.8 Å². The fourth-order valence-electron chi connectivity index (χ4n) is 1.21. The summed E-state index contributed by atoms with van der Waals surface area (Å²) in [7, 11) is 0. The van der Waals surface area contributed by atoms with Crippen LogP contribution < -0.4 is 5.73 Å². The first-order valence-corrected chi connectivity index (χ1v) is 5.29. The molecule has 0 bridgehead atoms. The van der Waals surface area contributed by atoms with Crippen LogP contribution in [0.1, 0.15) is 24.1 Å². The molecule has 2 N–H and O–H groups in total. The van der Waals surface area contributed by atoms with Gasteiger partial charge in [-0.05, 0) is 18.1 Å². The molecule has 0 amide bonds. The average molecular weight is 248 g/mol. The van der Waals surface area contributed by atoms with Gasteiger partial charge in [-0.1, -0.05) is 6.07 Å². The van der Waals surface area contributed by atoms with Crippen LogP contribution in [-0.4, -0.2) is 17.8 Å². The first-order chi connectivity index (χ1) is 8.01. The number of nitrogens with zero attached hydrogens (tertiary/aromatic N) is 1. The zero-order valence-corrected chi connectivity index (χ0v) is 9.33. The van der Waals surface area contributed by atoms with Crippen molar-refractivity contribution in [2.75, 3.05) is 6.61 Å². The van der Waals surface area contributed by atoms with Crippen molar-refractivity contribution in [2.45, 2.75) is 32.2 Å². The van der Waals surface area contributed by atoms with Gasteiger partial charge in [-0.3, -0.25) is 4.98 Å². The second-order valence-electron chi connectivity index (χ2n) is 3.63. The summed E-state index contributed by atoms with van der Waals surface area (Å²) < 4.78 is 40.5. The summed E-state index contributed by atoms with van der Waals surface area (Å²) in [5, 5.41) is 0. The van der Waals surface area contributed by atoms with E-state index in [1.807, 2.05) is 6.07 Å². The van der Waals surface area contributed by atoms with Gasteiger partial charge in [-0.15, -0.1) is 0 Å². The van der Waals surface area contributed by atoms with Crippen molar-refractivity contribution in [3.63, 3.8) is 0 Å². The molecule has 0 fully saturated rings. The molecule has 0 aliphatic rings. The molecule has 96 valence electrons. The van der Waals surface area contributed by atoms with E-state index >= 15 is 0 Å². The Balaban J connectivity index is 2.18. The summed E-state index contributed by atoms with van der Waals surface area (Å²) in [4.78, 5) is 4.07. The van der Waals surface area contributed by atoms with E-state index in [4.69, 9.17) is 10.5 Å². The molecule has 3 nitrogen and oxygen atoms in total. The molecule has 0 saturated heterocycles. The summed E-state index contributed by atoms with van der Waals surface area (Å²) in [6.45, 7) is 0.724. The second-order valence-corrected chi connectivity index (χ2v) is 3.63. The minimum Gasteiger partial charge on any atom is -0.375 e. The topological polar surface area (TPSA) is 48.1 Å². The van der Waals surface area contributed by atoms with Gasteiger partial charge in [-0.25, -0.2) is 0 Å². The van der Waals surface area contributed by atoms with Gasteiger partial charge in [0.25, 0.3) is 0 Å². The minimum atomic E-state index is -4.11. The van der Waals surface area contributed by atoms with E-state index < -0.39 is 12.6 Å². The van der Waals surface area contributed by atoms with Gasteiger partial charge in [-0.2, -0.15) is 13.2 Å². The van der Waals surface area contributed by atoms with Crippen LogP contribution in [0, 0.1) is 0 Å². The number of hydrogen-bond donors (Lipinski definition) is 1. The van der Waals surface area contributed by atoms with E-state index in [0.29, 0.717) is 12.2 Å². The van der Waals surface area contributed by atoms with Crippen LogP contribution in [0.25, 0.3) is 0 Å². The molecule has 1 aromatic heterocycles. The number of hydrogen-bond acceptors (Lipinski definition) is 3. The lowest BCUT2D eigenvalue weighted by Gasteiger charge is -2.06. The van der Waals surface area contributed by atoms with Gasteiger partial charge in [0.05, 0.1) is 12.3 Å². The zero-order chi connectivity index (χ0) is 12.7. The SMILES string of the molecule is NCc1ccc(COCCCC(F)(F)F)nc1. The summed E-state index contributed by atoms with van der Waals surface area (Å²) in [5.74, 6) is 0. The fraction of sp³-hybridized carbons (Fsp3) is 0.545. The van der Waals surface area contributed by atoms with Crippen molar-refractivity contribution < 1.29 is 17.9 Å². The first kappa shape index (κ1) is 13.9. The van der Waals surface area contributed by atoms with Crippen molar-refractivity contribution in [3.8, 4) is 0 Å². The summed E-state index contributed by atoms with van der Waals surface area (Å²) in [6, 6.07) is 3.58. The monoisotopic (exact) mass is 248 g/mol. The van der Waals surface area contributed by atoms with Gasteiger partial charge < -0.3 is 10.5 Å². The van der Waals surface area contributed by atoms with E-state index in [9.17, 15) is 13.2 Å². The van der Waals surface area contributed by atoms with Crippen molar-refractivity contribution in [3.05, 3.63) is 29.6 Å². The van der Waals surface area contributed by atoms with E-state index in [2.05, 4.69) is 4.98 Å². The van der Waals surface area contributed by atoms with Gasteiger partial charge in [0.15, 0.2) is 0 Å². The lowest BCUT2D eigenvalue weighted by Crippen LogP contribution is -2.09. The van der Waals surface area contributed by atoms with Gasteiger partial charge in [0.1, 0.15) is 0 Å². The van der Waals surface area contributed by atoms with Crippen LogP contribution >= 0.6 is 0 Å². The molecule has 6 heteroatoms. The number of alkyl halides is 3. The van der Waals surface area contributed by atoms with Crippen LogP contribution in [0.15, 0.2) is 18.3 Å². The number of nitrogens with two attached hydrogens (primary N) is 1. The lowest BCUT2D eigenvalue weighted by atomic mass is 10.2. The highest BCUT2D eigenvalue weighted by Gasteiger charge is 2.25. The zero-order valence-electron chi connectivity index (χ0n) is 9.33. The molecule has 0 saturated carbocycles. The van der Waals surface area contributed by atoms with E-state index in [1.54, 1.807) is 12.3 Å². The van der Waals surface area contributed by atoms with Crippen LogP contribution in [0.2, 0.25) is 0 Å². The number of rotatable bonds is 6.